The van der Waals surface area contributed by atoms with Crippen molar-refractivity contribution >= 4 is 0 Å². The lowest BCUT2D eigenvalue weighted by molar-refractivity contribution is 0.182. The van der Waals surface area contributed by atoms with Gasteiger partial charge in [0.15, 0.2) is 0 Å². The van der Waals surface area contributed by atoms with Crippen molar-refractivity contribution in [3.63, 3.8) is 0 Å². The molecule has 0 atom stereocenters. The molecular weight excluding hydrogens is 172 g/mol. The minimum atomic E-state index is 0.144. The van der Waals surface area contributed by atoms with E-state index in [0.29, 0.717) is 11.5 Å². The van der Waals surface area contributed by atoms with Gasteiger partial charge >= 0.3 is 0 Å². The Kier molecular flexibility index (Phi) is 3.27. The maximum atomic E-state index is 6.27. The molecule has 1 aliphatic carbocycles. The van der Waals surface area contributed by atoms with E-state index in [1.807, 2.05) is 0 Å². The van der Waals surface area contributed by atoms with E-state index in [-0.39, 0.29) is 5.54 Å². The number of hydrogen-bond acceptors (Lipinski definition) is 2. The summed E-state index contributed by atoms with van der Waals surface area (Å²) in [4.78, 5) is 2.40. The van der Waals surface area contributed by atoms with Crippen LogP contribution in [0.25, 0.3) is 0 Å². The van der Waals surface area contributed by atoms with Crippen LogP contribution >= 0.6 is 0 Å². The van der Waals surface area contributed by atoms with Gasteiger partial charge < -0.3 is 10.6 Å². The van der Waals surface area contributed by atoms with Crippen molar-refractivity contribution < 1.29 is 0 Å². The summed E-state index contributed by atoms with van der Waals surface area (Å²) in [5, 5.41) is 0. The molecule has 84 valence electrons. The molecule has 1 aliphatic rings. The topological polar surface area (TPSA) is 29.3 Å². The summed E-state index contributed by atoms with van der Waals surface area (Å²) >= 11 is 0. The average Bonchev–Trinajstić information content (AvgIpc) is 2.81. The fourth-order valence-corrected chi connectivity index (χ4v) is 1.77. The van der Waals surface area contributed by atoms with Crippen LogP contribution in [0.4, 0.5) is 0 Å². The van der Waals surface area contributed by atoms with Crippen molar-refractivity contribution in [3.05, 3.63) is 0 Å². The summed E-state index contributed by atoms with van der Waals surface area (Å²) in [5.74, 6) is 0. The maximum Gasteiger partial charge on any atom is 0.0207 e. The molecule has 0 saturated heterocycles. The number of hydrogen-bond donors (Lipinski definition) is 1. The monoisotopic (exact) mass is 198 g/mol. The van der Waals surface area contributed by atoms with E-state index < -0.39 is 0 Å². The van der Waals surface area contributed by atoms with Crippen molar-refractivity contribution in [1.82, 2.24) is 4.90 Å². The molecule has 1 saturated carbocycles. The van der Waals surface area contributed by atoms with E-state index in [0.717, 1.165) is 6.54 Å². The quantitative estimate of drug-likeness (QED) is 0.734. The van der Waals surface area contributed by atoms with Crippen LogP contribution in [-0.2, 0) is 0 Å². The first-order valence-electron chi connectivity index (χ1n) is 5.78. The van der Waals surface area contributed by atoms with E-state index >= 15 is 0 Å². The summed E-state index contributed by atoms with van der Waals surface area (Å²) < 4.78 is 0. The largest absolute Gasteiger partial charge is 0.325 e. The summed E-state index contributed by atoms with van der Waals surface area (Å²) in [6.07, 6.45) is 3.63. The SMILES string of the molecule is CC(C)N(C)CCC(C)(C)C1(N)CC1. The lowest BCUT2D eigenvalue weighted by Gasteiger charge is -2.34. The molecule has 2 nitrogen and oxygen atoms in total. The van der Waals surface area contributed by atoms with E-state index in [9.17, 15) is 0 Å². The van der Waals surface area contributed by atoms with Gasteiger partial charge in [0.25, 0.3) is 0 Å². The maximum absolute atomic E-state index is 6.27. The molecule has 0 bridgehead atoms. The van der Waals surface area contributed by atoms with E-state index in [1.165, 1.54) is 19.3 Å². The minimum absolute atomic E-state index is 0.144. The first-order chi connectivity index (χ1) is 6.28. The third-order valence-electron chi connectivity index (χ3n) is 4.11. The van der Waals surface area contributed by atoms with Crippen LogP contribution in [0.5, 0.6) is 0 Å². The molecule has 1 rings (SSSR count). The second-order valence-corrected chi connectivity index (χ2v) is 5.86. The Balaban J connectivity index is 2.37. The zero-order valence-electron chi connectivity index (χ0n) is 10.4. The average molecular weight is 198 g/mol. The highest BCUT2D eigenvalue weighted by molar-refractivity contribution is 5.08. The Labute approximate surface area is 88.8 Å². The first-order valence-corrected chi connectivity index (χ1v) is 5.78. The molecule has 0 aliphatic heterocycles. The van der Waals surface area contributed by atoms with Gasteiger partial charge in [0.05, 0.1) is 0 Å². The van der Waals surface area contributed by atoms with Crippen LogP contribution in [0, 0.1) is 5.41 Å². The second kappa shape index (κ2) is 3.82. The van der Waals surface area contributed by atoms with Gasteiger partial charge in [-0.15, -0.1) is 0 Å². The molecule has 2 heteroatoms. The van der Waals surface area contributed by atoms with E-state index in [2.05, 4.69) is 39.6 Å². The summed E-state index contributed by atoms with van der Waals surface area (Å²) in [7, 11) is 2.19. The predicted octanol–water partition coefficient (Wildman–Crippen LogP) is 2.23. The van der Waals surface area contributed by atoms with Crippen molar-refractivity contribution in [1.29, 1.82) is 0 Å². The normalized spacial score (nSPS) is 20.6. The van der Waals surface area contributed by atoms with Crippen LogP contribution < -0.4 is 5.73 Å². The lowest BCUT2D eigenvalue weighted by Crippen LogP contribution is -2.42. The zero-order valence-corrected chi connectivity index (χ0v) is 10.4. The molecular formula is C12H26N2. The standard InChI is InChI=1S/C12H26N2/c1-10(2)14(5)9-8-11(3,4)12(13)6-7-12/h10H,6-9,13H2,1-5H3. The Morgan fingerprint density at radius 3 is 2.21 bits per heavy atom. The molecule has 0 aromatic rings. The molecule has 0 radical (unpaired) electrons. The zero-order chi connectivity index (χ0) is 11.0. The molecule has 1 fully saturated rings. The van der Waals surface area contributed by atoms with Gasteiger partial charge in [-0.3, -0.25) is 0 Å². The highest BCUT2D eigenvalue weighted by Gasteiger charge is 2.50. The molecule has 0 aromatic heterocycles. The fourth-order valence-electron chi connectivity index (χ4n) is 1.77. The summed E-state index contributed by atoms with van der Waals surface area (Å²) in [5.41, 5.74) is 6.71. The molecule has 0 heterocycles. The first kappa shape index (κ1) is 12.0. The highest BCUT2D eigenvalue weighted by atomic mass is 15.1. The molecule has 0 spiro atoms. The van der Waals surface area contributed by atoms with Gasteiger partial charge in [0.2, 0.25) is 0 Å². The van der Waals surface area contributed by atoms with Crippen molar-refractivity contribution in [2.24, 2.45) is 11.1 Å². The highest BCUT2D eigenvalue weighted by Crippen LogP contribution is 2.49. The smallest absolute Gasteiger partial charge is 0.0207 e. The van der Waals surface area contributed by atoms with E-state index in [1.54, 1.807) is 0 Å². The third kappa shape index (κ3) is 2.48. The minimum Gasteiger partial charge on any atom is -0.325 e. The molecule has 0 unspecified atom stereocenters. The van der Waals surface area contributed by atoms with Crippen LogP contribution in [0.1, 0.15) is 47.0 Å². The van der Waals surface area contributed by atoms with Gasteiger partial charge in [-0.25, -0.2) is 0 Å². The summed E-state index contributed by atoms with van der Waals surface area (Å²) in [6, 6.07) is 0.638. The van der Waals surface area contributed by atoms with Gasteiger partial charge in [-0.1, -0.05) is 13.8 Å². The Bertz CT molecular complexity index is 192. The van der Waals surface area contributed by atoms with Gasteiger partial charge in [-0.05, 0) is 52.1 Å². The Morgan fingerprint density at radius 1 is 1.36 bits per heavy atom. The van der Waals surface area contributed by atoms with E-state index in [4.69, 9.17) is 5.73 Å². The van der Waals surface area contributed by atoms with Crippen LogP contribution in [0.3, 0.4) is 0 Å². The summed E-state index contributed by atoms with van der Waals surface area (Å²) in [6.45, 7) is 10.3. The van der Waals surface area contributed by atoms with Crippen molar-refractivity contribution in [2.75, 3.05) is 13.6 Å². The predicted molar refractivity (Wildman–Crippen MR) is 62.3 cm³/mol. The molecule has 0 aromatic carbocycles. The van der Waals surface area contributed by atoms with Gasteiger partial charge in [0, 0.05) is 11.6 Å². The lowest BCUT2D eigenvalue weighted by atomic mass is 9.79. The molecule has 14 heavy (non-hydrogen) atoms. The molecule has 2 N–H and O–H groups in total. The third-order valence-corrected chi connectivity index (χ3v) is 4.11. The number of rotatable bonds is 5. The Hall–Kier alpha value is -0.0800. The number of nitrogens with zero attached hydrogens (tertiary/aromatic N) is 1. The Morgan fingerprint density at radius 2 is 1.86 bits per heavy atom. The molecule has 0 amide bonds. The van der Waals surface area contributed by atoms with Crippen molar-refractivity contribution in [2.45, 2.75) is 58.5 Å². The van der Waals surface area contributed by atoms with Gasteiger partial charge in [-0.2, -0.15) is 0 Å². The van der Waals surface area contributed by atoms with Crippen LogP contribution in [0.2, 0.25) is 0 Å². The van der Waals surface area contributed by atoms with Gasteiger partial charge in [0.1, 0.15) is 0 Å². The van der Waals surface area contributed by atoms with Crippen molar-refractivity contribution in [3.8, 4) is 0 Å². The van der Waals surface area contributed by atoms with Crippen LogP contribution in [0.15, 0.2) is 0 Å². The fraction of sp³-hybridized carbons (Fsp3) is 1.00. The number of nitrogens with two attached hydrogens (primary N) is 1. The second-order valence-electron chi connectivity index (χ2n) is 5.86. The van der Waals surface area contributed by atoms with Crippen LogP contribution in [-0.4, -0.2) is 30.1 Å².